The molecule has 0 N–H and O–H groups in total. The van der Waals surface area contributed by atoms with Gasteiger partial charge in [-0.1, -0.05) is 0 Å². The molecule has 2 rings (SSSR count). The van der Waals surface area contributed by atoms with E-state index in [9.17, 15) is 0 Å². The lowest BCUT2D eigenvalue weighted by Gasteiger charge is -2.02. The normalized spacial score (nSPS) is 10.5. The highest BCUT2D eigenvalue weighted by molar-refractivity contribution is 7.99. The molecule has 0 aliphatic heterocycles. The van der Waals surface area contributed by atoms with Gasteiger partial charge in [0, 0.05) is 40.7 Å². The number of methoxy groups -OCH3 is 1. The molecule has 0 atom stereocenters. The van der Waals surface area contributed by atoms with Crippen LogP contribution in [0.25, 0.3) is 10.9 Å². The molecule has 0 unspecified atom stereocenters. The summed E-state index contributed by atoms with van der Waals surface area (Å²) in [6.07, 6.45) is 2.74. The van der Waals surface area contributed by atoms with Crippen molar-refractivity contribution in [1.29, 1.82) is 5.26 Å². The van der Waals surface area contributed by atoms with Gasteiger partial charge in [-0.25, -0.2) is 0 Å². The highest BCUT2D eigenvalue weighted by Gasteiger charge is 2.09. The number of aromatic nitrogens is 1. The zero-order valence-electron chi connectivity index (χ0n) is 10.6. The number of rotatable bonds is 5. The third-order valence-corrected chi connectivity index (χ3v) is 3.91. The summed E-state index contributed by atoms with van der Waals surface area (Å²) >= 11 is 1.73. The lowest BCUT2D eigenvalue weighted by Crippen LogP contribution is -1.90. The monoisotopic (exact) mass is 260 g/mol. The molecule has 0 amide bonds. The summed E-state index contributed by atoms with van der Waals surface area (Å²) < 4.78 is 7.50. The van der Waals surface area contributed by atoms with Gasteiger partial charge in [-0.15, -0.1) is 11.8 Å². The van der Waals surface area contributed by atoms with Crippen LogP contribution in [0.3, 0.4) is 0 Å². The average molecular weight is 260 g/mol. The third kappa shape index (κ3) is 2.46. The molecule has 0 radical (unpaired) electrons. The van der Waals surface area contributed by atoms with Crippen LogP contribution in [0.15, 0.2) is 29.3 Å². The van der Waals surface area contributed by atoms with Gasteiger partial charge in [0.2, 0.25) is 0 Å². The van der Waals surface area contributed by atoms with Crippen molar-refractivity contribution in [1.82, 2.24) is 4.57 Å². The molecule has 1 heterocycles. The maximum absolute atomic E-state index is 8.60. The smallest absolute Gasteiger partial charge is 0.119 e. The van der Waals surface area contributed by atoms with Crippen LogP contribution in [0.5, 0.6) is 5.75 Å². The van der Waals surface area contributed by atoms with Gasteiger partial charge in [0.15, 0.2) is 0 Å². The van der Waals surface area contributed by atoms with Crippen LogP contribution in [0.2, 0.25) is 0 Å². The predicted octanol–water partition coefficient (Wildman–Crippen LogP) is 3.68. The van der Waals surface area contributed by atoms with Crippen LogP contribution in [0.1, 0.15) is 13.3 Å². The summed E-state index contributed by atoms with van der Waals surface area (Å²) in [7, 11) is 1.68. The van der Waals surface area contributed by atoms with Gasteiger partial charge in [0.1, 0.15) is 5.75 Å². The Balaban J connectivity index is 2.41. The lowest BCUT2D eigenvalue weighted by molar-refractivity contribution is 0.415. The summed E-state index contributed by atoms with van der Waals surface area (Å²) in [5, 5.41) is 9.81. The van der Waals surface area contributed by atoms with Crippen molar-refractivity contribution in [2.24, 2.45) is 0 Å². The summed E-state index contributed by atoms with van der Waals surface area (Å²) in [5.41, 5.74) is 1.22. The number of aryl methyl sites for hydroxylation is 1. The fourth-order valence-electron chi connectivity index (χ4n) is 1.95. The van der Waals surface area contributed by atoms with Crippen molar-refractivity contribution < 1.29 is 4.74 Å². The molecule has 0 aliphatic carbocycles. The second-order valence-electron chi connectivity index (χ2n) is 3.92. The van der Waals surface area contributed by atoms with Crippen molar-refractivity contribution in [2.75, 3.05) is 12.9 Å². The van der Waals surface area contributed by atoms with E-state index in [4.69, 9.17) is 10.00 Å². The maximum atomic E-state index is 8.60. The van der Waals surface area contributed by atoms with Gasteiger partial charge in [0.05, 0.1) is 13.2 Å². The fourth-order valence-corrected chi connectivity index (χ4v) is 2.89. The molecule has 1 aromatic heterocycles. The van der Waals surface area contributed by atoms with Crippen LogP contribution in [0, 0.1) is 11.3 Å². The van der Waals surface area contributed by atoms with E-state index in [2.05, 4.69) is 35.9 Å². The van der Waals surface area contributed by atoms with Crippen molar-refractivity contribution in [3.05, 3.63) is 24.4 Å². The van der Waals surface area contributed by atoms with E-state index in [0.717, 1.165) is 18.0 Å². The Bertz CT molecular complexity index is 583. The molecular weight excluding hydrogens is 244 g/mol. The minimum atomic E-state index is 0.577. The highest BCUT2D eigenvalue weighted by atomic mass is 32.2. The molecule has 3 nitrogen and oxygen atoms in total. The van der Waals surface area contributed by atoms with Crippen molar-refractivity contribution in [2.45, 2.75) is 24.8 Å². The second-order valence-corrected chi connectivity index (χ2v) is 5.06. The minimum absolute atomic E-state index is 0.577. The lowest BCUT2D eigenvalue weighted by atomic mass is 10.2. The molecule has 0 bridgehead atoms. The Hall–Kier alpha value is -1.60. The van der Waals surface area contributed by atoms with Gasteiger partial charge in [-0.2, -0.15) is 5.26 Å². The van der Waals surface area contributed by atoms with Gasteiger partial charge in [-0.3, -0.25) is 0 Å². The first-order valence-corrected chi connectivity index (χ1v) is 6.95. The number of benzene rings is 1. The number of hydrogen-bond donors (Lipinski definition) is 0. The van der Waals surface area contributed by atoms with E-state index in [-0.39, 0.29) is 0 Å². The summed E-state index contributed by atoms with van der Waals surface area (Å²) in [4.78, 5) is 1.22. The zero-order chi connectivity index (χ0) is 13.0. The Morgan fingerprint density at radius 1 is 1.44 bits per heavy atom. The Morgan fingerprint density at radius 3 is 2.94 bits per heavy atom. The largest absolute Gasteiger partial charge is 0.497 e. The van der Waals surface area contributed by atoms with E-state index in [1.165, 1.54) is 15.8 Å². The van der Waals surface area contributed by atoms with Crippen LogP contribution in [0.4, 0.5) is 0 Å². The summed E-state index contributed by atoms with van der Waals surface area (Å²) in [6, 6.07) is 8.32. The molecule has 0 saturated heterocycles. The molecule has 4 heteroatoms. The Kier molecular flexibility index (Phi) is 4.16. The van der Waals surface area contributed by atoms with Gasteiger partial charge in [-0.05, 0) is 25.1 Å². The first-order chi connectivity index (χ1) is 8.80. The molecule has 2 aromatic rings. The van der Waals surface area contributed by atoms with Gasteiger partial charge < -0.3 is 9.30 Å². The van der Waals surface area contributed by atoms with Crippen LogP contribution in [-0.2, 0) is 6.54 Å². The van der Waals surface area contributed by atoms with Gasteiger partial charge >= 0.3 is 0 Å². The number of ether oxygens (including phenoxy) is 1. The van der Waals surface area contributed by atoms with E-state index < -0.39 is 0 Å². The molecule has 94 valence electrons. The second kappa shape index (κ2) is 5.83. The highest BCUT2D eigenvalue weighted by Crippen LogP contribution is 2.32. The quantitative estimate of drug-likeness (QED) is 0.608. The minimum Gasteiger partial charge on any atom is -0.497 e. The SMILES string of the molecule is CCn1cc(SCCC#N)c2cc(OC)ccc21. The van der Waals surface area contributed by atoms with Gasteiger partial charge in [0.25, 0.3) is 0 Å². The number of nitrogens with zero attached hydrogens (tertiary/aromatic N) is 2. The molecule has 1 aromatic carbocycles. The molecule has 0 aliphatic rings. The van der Waals surface area contributed by atoms with Crippen molar-refractivity contribution in [3.8, 4) is 11.8 Å². The Morgan fingerprint density at radius 2 is 2.28 bits per heavy atom. The van der Waals surface area contributed by atoms with E-state index >= 15 is 0 Å². The standard InChI is InChI=1S/C14H16N2OS/c1-3-16-10-14(18-8-4-7-15)12-9-11(17-2)5-6-13(12)16/h5-6,9-10H,3-4,8H2,1-2H3. The molecular formula is C14H16N2OS. The number of thioether (sulfide) groups is 1. The topological polar surface area (TPSA) is 38.0 Å². The van der Waals surface area contributed by atoms with Crippen LogP contribution < -0.4 is 4.74 Å². The fraction of sp³-hybridized carbons (Fsp3) is 0.357. The molecule has 0 saturated carbocycles. The number of hydrogen-bond acceptors (Lipinski definition) is 3. The maximum Gasteiger partial charge on any atom is 0.119 e. The predicted molar refractivity (Wildman–Crippen MR) is 75.1 cm³/mol. The first-order valence-electron chi connectivity index (χ1n) is 5.96. The zero-order valence-corrected chi connectivity index (χ0v) is 11.5. The third-order valence-electron chi connectivity index (χ3n) is 2.86. The first kappa shape index (κ1) is 12.8. The molecule has 18 heavy (non-hydrogen) atoms. The van der Waals surface area contributed by atoms with E-state index in [1.807, 2.05) is 6.07 Å². The van der Waals surface area contributed by atoms with Crippen LogP contribution >= 0.6 is 11.8 Å². The summed E-state index contributed by atoms with van der Waals surface area (Å²) in [5.74, 6) is 1.70. The average Bonchev–Trinajstić information content (AvgIpc) is 2.76. The van der Waals surface area contributed by atoms with Crippen molar-refractivity contribution >= 4 is 22.7 Å². The Labute approximate surface area is 111 Å². The molecule has 0 spiro atoms. The van der Waals surface area contributed by atoms with E-state index in [0.29, 0.717) is 6.42 Å². The summed E-state index contributed by atoms with van der Waals surface area (Å²) in [6.45, 7) is 3.08. The number of nitriles is 1. The van der Waals surface area contributed by atoms with Crippen molar-refractivity contribution in [3.63, 3.8) is 0 Å². The van der Waals surface area contributed by atoms with Crippen LogP contribution in [-0.4, -0.2) is 17.4 Å². The number of fused-ring (bicyclic) bond motifs is 1. The molecule has 0 fully saturated rings. The van der Waals surface area contributed by atoms with E-state index in [1.54, 1.807) is 18.9 Å².